The maximum atomic E-state index is 5.01. The summed E-state index contributed by atoms with van der Waals surface area (Å²) < 4.78 is 0. The molecule has 1 saturated carbocycles. The van der Waals surface area contributed by atoms with Gasteiger partial charge in [0.05, 0.1) is 5.69 Å². The molecular weight excluding hydrogens is 330 g/mol. The molecule has 0 amide bonds. The van der Waals surface area contributed by atoms with Crippen molar-refractivity contribution < 1.29 is 0 Å². The van der Waals surface area contributed by atoms with E-state index in [1.165, 1.54) is 23.2 Å². The monoisotopic (exact) mass is 355 g/mol. The first-order chi connectivity index (χ1) is 13.1. The van der Waals surface area contributed by atoms with Crippen molar-refractivity contribution in [1.29, 1.82) is 0 Å². The van der Waals surface area contributed by atoms with Gasteiger partial charge in [-0.2, -0.15) is 0 Å². The van der Waals surface area contributed by atoms with E-state index in [2.05, 4.69) is 61.3 Å². The SMILES string of the molecule is CC1(C)CCc2cnc(-c3cccc(C4(c5ccccc5)CC4)n3)nc2C1. The van der Waals surface area contributed by atoms with Gasteiger partial charge in [-0.05, 0) is 60.8 Å². The molecule has 2 heterocycles. The van der Waals surface area contributed by atoms with E-state index < -0.39 is 0 Å². The van der Waals surface area contributed by atoms with Crippen molar-refractivity contribution in [3.05, 3.63) is 77.2 Å². The number of rotatable bonds is 3. The summed E-state index contributed by atoms with van der Waals surface area (Å²) in [7, 11) is 0. The summed E-state index contributed by atoms with van der Waals surface area (Å²) in [5, 5.41) is 0. The van der Waals surface area contributed by atoms with Gasteiger partial charge in [0, 0.05) is 17.3 Å². The minimum absolute atomic E-state index is 0.0769. The van der Waals surface area contributed by atoms with Gasteiger partial charge < -0.3 is 0 Å². The molecule has 1 aromatic carbocycles. The Morgan fingerprint density at radius 1 is 0.852 bits per heavy atom. The van der Waals surface area contributed by atoms with Gasteiger partial charge in [-0.3, -0.25) is 0 Å². The predicted octanol–water partition coefficient (Wildman–Crippen LogP) is 5.13. The third kappa shape index (κ3) is 2.95. The van der Waals surface area contributed by atoms with Crippen LogP contribution in [0.25, 0.3) is 11.5 Å². The molecular formula is C24H25N3. The Morgan fingerprint density at radius 3 is 2.44 bits per heavy atom. The van der Waals surface area contributed by atoms with E-state index >= 15 is 0 Å². The van der Waals surface area contributed by atoms with Crippen LogP contribution in [0, 0.1) is 5.41 Å². The Bertz CT molecular complexity index is 988. The molecule has 3 aromatic rings. The molecule has 0 unspecified atom stereocenters. The van der Waals surface area contributed by atoms with E-state index in [0.717, 1.165) is 42.9 Å². The molecule has 27 heavy (non-hydrogen) atoms. The fraction of sp³-hybridized carbons (Fsp3) is 0.375. The Balaban J connectivity index is 1.52. The summed E-state index contributed by atoms with van der Waals surface area (Å²) in [4.78, 5) is 14.6. The number of aryl methyl sites for hydroxylation is 1. The highest BCUT2D eigenvalue weighted by Gasteiger charge is 2.47. The molecule has 0 saturated heterocycles. The molecule has 2 aromatic heterocycles. The second-order valence-corrected chi connectivity index (χ2v) is 8.86. The third-order valence-electron chi connectivity index (χ3n) is 6.22. The number of benzene rings is 1. The molecule has 0 atom stereocenters. The average molecular weight is 355 g/mol. The molecule has 0 aliphatic heterocycles. The van der Waals surface area contributed by atoms with E-state index in [-0.39, 0.29) is 5.41 Å². The molecule has 0 spiro atoms. The standard InChI is InChI=1S/C24H25N3/c1-23(2)12-11-17-16-25-22(27-20(17)15-23)19-9-6-10-21(26-19)24(13-14-24)18-7-4-3-5-8-18/h3-10,16H,11-15H2,1-2H3. The van der Waals surface area contributed by atoms with Crippen LogP contribution in [0.3, 0.4) is 0 Å². The summed E-state index contributed by atoms with van der Waals surface area (Å²) in [6, 6.07) is 17.1. The topological polar surface area (TPSA) is 38.7 Å². The van der Waals surface area contributed by atoms with Crippen molar-refractivity contribution in [2.24, 2.45) is 5.41 Å². The highest BCUT2D eigenvalue weighted by molar-refractivity contribution is 5.52. The first-order valence-corrected chi connectivity index (χ1v) is 9.94. The molecule has 2 aliphatic carbocycles. The zero-order valence-corrected chi connectivity index (χ0v) is 16.1. The first-order valence-electron chi connectivity index (χ1n) is 9.94. The number of hydrogen-bond acceptors (Lipinski definition) is 3. The number of pyridine rings is 1. The highest BCUT2D eigenvalue weighted by atomic mass is 14.9. The Morgan fingerprint density at radius 2 is 1.67 bits per heavy atom. The molecule has 5 rings (SSSR count). The van der Waals surface area contributed by atoms with Crippen LogP contribution < -0.4 is 0 Å². The van der Waals surface area contributed by atoms with Gasteiger partial charge in [0.25, 0.3) is 0 Å². The summed E-state index contributed by atoms with van der Waals surface area (Å²) >= 11 is 0. The maximum Gasteiger partial charge on any atom is 0.178 e. The number of hydrogen-bond donors (Lipinski definition) is 0. The zero-order valence-electron chi connectivity index (χ0n) is 16.1. The van der Waals surface area contributed by atoms with Crippen LogP contribution in [0.15, 0.2) is 54.7 Å². The Labute approximate surface area is 160 Å². The molecule has 2 aliphatic rings. The lowest BCUT2D eigenvalue weighted by Crippen LogP contribution is -2.23. The van der Waals surface area contributed by atoms with E-state index in [1.807, 2.05) is 12.3 Å². The van der Waals surface area contributed by atoms with Crippen LogP contribution in [0.1, 0.15) is 55.6 Å². The van der Waals surface area contributed by atoms with Crippen molar-refractivity contribution in [3.8, 4) is 11.5 Å². The molecule has 0 N–H and O–H groups in total. The second-order valence-electron chi connectivity index (χ2n) is 8.86. The van der Waals surface area contributed by atoms with E-state index in [9.17, 15) is 0 Å². The van der Waals surface area contributed by atoms with Crippen molar-refractivity contribution in [2.75, 3.05) is 0 Å². The van der Waals surface area contributed by atoms with Crippen molar-refractivity contribution in [1.82, 2.24) is 15.0 Å². The van der Waals surface area contributed by atoms with Crippen molar-refractivity contribution in [3.63, 3.8) is 0 Å². The van der Waals surface area contributed by atoms with Crippen LogP contribution in [0.2, 0.25) is 0 Å². The van der Waals surface area contributed by atoms with Crippen LogP contribution in [-0.4, -0.2) is 15.0 Å². The largest absolute Gasteiger partial charge is 0.249 e. The van der Waals surface area contributed by atoms with Crippen molar-refractivity contribution >= 4 is 0 Å². The van der Waals surface area contributed by atoms with Gasteiger partial charge in [-0.25, -0.2) is 15.0 Å². The van der Waals surface area contributed by atoms with Crippen LogP contribution in [0.4, 0.5) is 0 Å². The van der Waals surface area contributed by atoms with E-state index in [1.54, 1.807) is 0 Å². The van der Waals surface area contributed by atoms with Gasteiger partial charge in [-0.15, -0.1) is 0 Å². The minimum Gasteiger partial charge on any atom is -0.249 e. The van der Waals surface area contributed by atoms with Gasteiger partial charge >= 0.3 is 0 Å². The summed E-state index contributed by atoms with van der Waals surface area (Å²) in [5.41, 5.74) is 6.30. The van der Waals surface area contributed by atoms with Gasteiger partial charge in [-0.1, -0.05) is 50.2 Å². The summed E-state index contributed by atoms with van der Waals surface area (Å²) in [6.45, 7) is 4.65. The lowest BCUT2D eigenvalue weighted by Gasteiger charge is -2.30. The maximum absolute atomic E-state index is 5.01. The lowest BCUT2D eigenvalue weighted by atomic mass is 9.77. The highest BCUT2D eigenvalue weighted by Crippen LogP contribution is 2.52. The fourth-order valence-electron chi connectivity index (χ4n) is 4.34. The van der Waals surface area contributed by atoms with Crippen LogP contribution in [0.5, 0.6) is 0 Å². The lowest BCUT2D eigenvalue weighted by molar-refractivity contribution is 0.310. The molecule has 136 valence electrons. The van der Waals surface area contributed by atoms with Gasteiger partial charge in [0.2, 0.25) is 0 Å². The number of nitrogens with zero attached hydrogens (tertiary/aromatic N) is 3. The quantitative estimate of drug-likeness (QED) is 0.653. The zero-order chi connectivity index (χ0) is 18.5. The normalized spacial score (nSPS) is 19.3. The summed E-state index contributed by atoms with van der Waals surface area (Å²) in [6.07, 6.45) is 7.64. The smallest absolute Gasteiger partial charge is 0.178 e. The molecule has 0 radical (unpaired) electrons. The fourth-order valence-corrected chi connectivity index (χ4v) is 4.34. The van der Waals surface area contributed by atoms with Crippen molar-refractivity contribution in [2.45, 2.75) is 51.4 Å². The Kier molecular flexibility index (Phi) is 3.68. The molecule has 0 bridgehead atoms. The molecule has 3 heteroatoms. The average Bonchev–Trinajstić information content (AvgIpc) is 3.50. The second kappa shape index (κ2) is 5.98. The molecule has 3 nitrogen and oxygen atoms in total. The van der Waals surface area contributed by atoms with Gasteiger partial charge in [0.15, 0.2) is 5.82 Å². The number of aromatic nitrogens is 3. The molecule has 1 fully saturated rings. The first kappa shape index (κ1) is 16.6. The van der Waals surface area contributed by atoms with Crippen LogP contribution in [-0.2, 0) is 18.3 Å². The minimum atomic E-state index is 0.0769. The number of fused-ring (bicyclic) bond motifs is 1. The predicted molar refractivity (Wildman–Crippen MR) is 108 cm³/mol. The summed E-state index contributed by atoms with van der Waals surface area (Å²) in [5.74, 6) is 0.761. The van der Waals surface area contributed by atoms with Gasteiger partial charge in [0.1, 0.15) is 5.69 Å². The van der Waals surface area contributed by atoms with Crippen LogP contribution >= 0.6 is 0 Å². The third-order valence-corrected chi connectivity index (χ3v) is 6.22. The Hall–Kier alpha value is -2.55. The van der Waals surface area contributed by atoms with E-state index in [0.29, 0.717) is 5.41 Å². The van der Waals surface area contributed by atoms with E-state index in [4.69, 9.17) is 9.97 Å².